The normalized spacial score (nSPS) is 11.8. The molecule has 0 aliphatic heterocycles. The summed E-state index contributed by atoms with van der Waals surface area (Å²) in [6.07, 6.45) is 3.16. The molecule has 0 aliphatic rings. The number of hydrogen-bond donors (Lipinski definition) is 2. The average molecular weight is 330 g/mol. The third-order valence-corrected chi connectivity index (χ3v) is 3.37. The standard InChI is InChI=1S/C17H22N4O3/c1-12(2)9-15(20-17(23)24-3)16(22)19-13-10-18-21(11-13)14-7-5-4-6-8-14/h4-8,10-12,15H,9H2,1-3H3,(H,19,22)(H,20,23). The van der Waals surface area contributed by atoms with Crippen molar-refractivity contribution in [2.75, 3.05) is 12.4 Å². The van der Waals surface area contributed by atoms with Crippen LogP contribution >= 0.6 is 0 Å². The zero-order valence-corrected chi connectivity index (χ0v) is 14.0. The van der Waals surface area contributed by atoms with Gasteiger partial charge in [0.1, 0.15) is 6.04 Å². The predicted octanol–water partition coefficient (Wildman–Crippen LogP) is 2.58. The van der Waals surface area contributed by atoms with E-state index >= 15 is 0 Å². The summed E-state index contributed by atoms with van der Waals surface area (Å²) >= 11 is 0. The third-order valence-electron chi connectivity index (χ3n) is 3.37. The second-order valence-electron chi connectivity index (χ2n) is 5.82. The number of nitrogens with zero attached hydrogens (tertiary/aromatic N) is 2. The van der Waals surface area contributed by atoms with Gasteiger partial charge in [0.05, 0.1) is 30.9 Å². The number of benzene rings is 1. The number of methoxy groups -OCH3 is 1. The molecule has 24 heavy (non-hydrogen) atoms. The van der Waals surface area contributed by atoms with Crippen LogP contribution < -0.4 is 10.6 Å². The van der Waals surface area contributed by atoms with Crippen molar-refractivity contribution >= 4 is 17.7 Å². The number of rotatable bonds is 6. The largest absolute Gasteiger partial charge is 0.453 e. The second kappa shape index (κ2) is 8.14. The fraction of sp³-hybridized carbons (Fsp3) is 0.353. The van der Waals surface area contributed by atoms with Crippen molar-refractivity contribution in [1.29, 1.82) is 0 Å². The molecule has 0 bridgehead atoms. The van der Waals surface area contributed by atoms with E-state index in [-0.39, 0.29) is 11.8 Å². The average Bonchev–Trinajstić information content (AvgIpc) is 3.03. The second-order valence-corrected chi connectivity index (χ2v) is 5.82. The van der Waals surface area contributed by atoms with Gasteiger partial charge in [0.25, 0.3) is 0 Å². The lowest BCUT2D eigenvalue weighted by molar-refractivity contribution is -0.118. The quantitative estimate of drug-likeness (QED) is 0.852. The molecule has 0 spiro atoms. The molecule has 7 heteroatoms. The van der Waals surface area contributed by atoms with E-state index in [0.29, 0.717) is 12.1 Å². The van der Waals surface area contributed by atoms with Crippen LogP contribution in [0, 0.1) is 5.92 Å². The van der Waals surface area contributed by atoms with E-state index < -0.39 is 12.1 Å². The third kappa shape index (κ3) is 4.84. The van der Waals surface area contributed by atoms with Crippen molar-refractivity contribution in [3.05, 3.63) is 42.7 Å². The highest BCUT2D eigenvalue weighted by Crippen LogP contribution is 2.13. The molecular formula is C17H22N4O3. The number of ether oxygens (including phenoxy) is 1. The molecule has 2 rings (SSSR count). The summed E-state index contributed by atoms with van der Waals surface area (Å²) in [6, 6.07) is 8.91. The summed E-state index contributed by atoms with van der Waals surface area (Å²) in [5, 5.41) is 9.56. The van der Waals surface area contributed by atoms with E-state index in [1.807, 2.05) is 44.2 Å². The van der Waals surface area contributed by atoms with Crippen molar-refractivity contribution in [3.8, 4) is 5.69 Å². The Morgan fingerprint density at radius 3 is 2.58 bits per heavy atom. The molecule has 1 heterocycles. The van der Waals surface area contributed by atoms with E-state index in [1.54, 1.807) is 17.1 Å². The summed E-state index contributed by atoms with van der Waals surface area (Å²) < 4.78 is 6.25. The van der Waals surface area contributed by atoms with Crippen LogP contribution in [0.1, 0.15) is 20.3 Å². The lowest BCUT2D eigenvalue weighted by atomic mass is 10.0. The van der Waals surface area contributed by atoms with Crippen molar-refractivity contribution in [2.24, 2.45) is 5.92 Å². The maximum Gasteiger partial charge on any atom is 0.407 e. The van der Waals surface area contributed by atoms with E-state index in [9.17, 15) is 9.59 Å². The number of carbonyl (C=O) groups is 2. The summed E-state index contributed by atoms with van der Waals surface area (Å²) in [6.45, 7) is 3.96. The SMILES string of the molecule is COC(=O)NC(CC(C)C)C(=O)Nc1cnn(-c2ccccc2)c1. The number of nitrogens with one attached hydrogen (secondary N) is 2. The van der Waals surface area contributed by atoms with E-state index in [2.05, 4.69) is 20.5 Å². The molecule has 0 radical (unpaired) electrons. The van der Waals surface area contributed by atoms with E-state index in [0.717, 1.165) is 5.69 Å². The monoisotopic (exact) mass is 330 g/mol. The summed E-state index contributed by atoms with van der Waals surface area (Å²) in [5.41, 5.74) is 1.45. The van der Waals surface area contributed by atoms with Gasteiger partial charge in [-0.15, -0.1) is 0 Å². The van der Waals surface area contributed by atoms with Crippen LogP contribution in [0.2, 0.25) is 0 Å². The fourth-order valence-electron chi connectivity index (χ4n) is 2.24. The van der Waals surface area contributed by atoms with Gasteiger partial charge < -0.3 is 15.4 Å². The molecule has 2 aromatic rings. The van der Waals surface area contributed by atoms with Gasteiger partial charge in [0.15, 0.2) is 0 Å². The number of aromatic nitrogens is 2. The summed E-state index contributed by atoms with van der Waals surface area (Å²) in [4.78, 5) is 23.8. The van der Waals surface area contributed by atoms with Crippen LogP contribution in [0.3, 0.4) is 0 Å². The minimum Gasteiger partial charge on any atom is -0.453 e. The Hall–Kier alpha value is -2.83. The van der Waals surface area contributed by atoms with Crippen molar-refractivity contribution in [2.45, 2.75) is 26.3 Å². The molecule has 1 unspecified atom stereocenters. The minimum atomic E-state index is -0.669. The molecule has 0 saturated heterocycles. The topological polar surface area (TPSA) is 85.2 Å². The van der Waals surface area contributed by atoms with Crippen molar-refractivity contribution in [3.63, 3.8) is 0 Å². The molecule has 2 N–H and O–H groups in total. The molecule has 0 fully saturated rings. The number of para-hydroxylation sites is 1. The van der Waals surface area contributed by atoms with Gasteiger partial charge in [0.2, 0.25) is 5.91 Å². The predicted molar refractivity (Wildman–Crippen MR) is 91.0 cm³/mol. The Morgan fingerprint density at radius 1 is 1.25 bits per heavy atom. The molecule has 1 atom stereocenters. The maximum absolute atomic E-state index is 12.4. The molecule has 2 amide bonds. The van der Waals surface area contributed by atoms with Gasteiger partial charge in [-0.2, -0.15) is 5.10 Å². The zero-order valence-electron chi connectivity index (χ0n) is 14.0. The summed E-state index contributed by atoms with van der Waals surface area (Å²) in [7, 11) is 1.27. The minimum absolute atomic E-state index is 0.241. The Balaban J connectivity index is 2.06. The maximum atomic E-state index is 12.4. The molecule has 128 valence electrons. The molecular weight excluding hydrogens is 308 g/mol. The van der Waals surface area contributed by atoms with Gasteiger partial charge in [-0.3, -0.25) is 4.79 Å². The first-order chi connectivity index (χ1) is 11.5. The van der Waals surface area contributed by atoms with Gasteiger partial charge in [-0.05, 0) is 24.5 Å². The van der Waals surface area contributed by atoms with Crippen molar-refractivity contribution < 1.29 is 14.3 Å². The fourth-order valence-corrected chi connectivity index (χ4v) is 2.24. The lowest BCUT2D eigenvalue weighted by Crippen LogP contribution is -2.44. The van der Waals surface area contributed by atoms with Crippen LogP contribution in [0.15, 0.2) is 42.7 Å². The van der Waals surface area contributed by atoms with Gasteiger partial charge in [-0.1, -0.05) is 32.0 Å². The van der Waals surface area contributed by atoms with Crippen LogP contribution in [0.5, 0.6) is 0 Å². The van der Waals surface area contributed by atoms with Gasteiger partial charge in [-0.25, -0.2) is 9.48 Å². The highest BCUT2D eigenvalue weighted by atomic mass is 16.5. The summed E-state index contributed by atoms with van der Waals surface area (Å²) in [5.74, 6) is -0.0633. The zero-order chi connectivity index (χ0) is 17.5. The Labute approximate surface area is 141 Å². The molecule has 0 saturated carbocycles. The van der Waals surface area contributed by atoms with Crippen LogP contribution in [0.4, 0.5) is 10.5 Å². The first-order valence-corrected chi connectivity index (χ1v) is 7.75. The number of anilines is 1. The van der Waals surface area contributed by atoms with Crippen molar-refractivity contribution in [1.82, 2.24) is 15.1 Å². The number of alkyl carbamates (subject to hydrolysis) is 1. The van der Waals surface area contributed by atoms with E-state index in [4.69, 9.17) is 0 Å². The molecule has 0 aliphatic carbocycles. The molecule has 1 aromatic heterocycles. The first kappa shape index (κ1) is 17.5. The number of carbonyl (C=O) groups excluding carboxylic acids is 2. The highest BCUT2D eigenvalue weighted by Gasteiger charge is 2.22. The Morgan fingerprint density at radius 2 is 1.96 bits per heavy atom. The molecule has 7 nitrogen and oxygen atoms in total. The van der Waals surface area contributed by atoms with Crippen LogP contribution in [0.25, 0.3) is 5.69 Å². The Kier molecular flexibility index (Phi) is 5.95. The Bertz CT molecular complexity index is 682. The first-order valence-electron chi connectivity index (χ1n) is 7.75. The van der Waals surface area contributed by atoms with Gasteiger partial charge in [0, 0.05) is 0 Å². The number of hydrogen-bond acceptors (Lipinski definition) is 4. The van der Waals surface area contributed by atoms with E-state index in [1.165, 1.54) is 7.11 Å². The van der Waals surface area contributed by atoms with Crippen LogP contribution in [-0.2, 0) is 9.53 Å². The lowest BCUT2D eigenvalue weighted by Gasteiger charge is -2.18. The smallest absolute Gasteiger partial charge is 0.407 e. The highest BCUT2D eigenvalue weighted by molar-refractivity contribution is 5.96. The van der Waals surface area contributed by atoms with Crippen LogP contribution in [-0.4, -0.2) is 34.9 Å². The number of amides is 2. The molecule has 1 aromatic carbocycles. The van der Waals surface area contributed by atoms with Gasteiger partial charge >= 0.3 is 6.09 Å².